The summed E-state index contributed by atoms with van der Waals surface area (Å²) in [6, 6.07) is 8.61. The summed E-state index contributed by atoms with van der Waals surface area (Å²) in [5.74, 6) is 0.161. The number of rotatable bonds is 6. The quantitative estimate of drug-likeness (QED) is 0.334. The molecule has 2 aromatic carbocycles. The van der Waals surface area contributed by atoms with Crippen molar-refractivity contribution in [1.82, 2.24) is 10.2 Å². The molecule has 1 aliphatic rings. The van der Waals surface area contributed by atoms with E-state index in [1.54, 1.807) is 24.3 Å². The highest BCUT2D eigenvalue weighted by molar-refractivity contribution is 6.32. The van der Waals surface area contributed by atoms with Crippen molar-refractivity contribution in [2.75, 3.05) is 14.2 Å². The van der Waals surface area contributed by atoms with Gasteiger partial charge in [-0.1, -0.05) is 11.6 Å². The third kappa shape index (κ3) is 4.30. The van der Waals surface area contributed by atoms with Gasteiger partial charge in [0, 0.05) is 19.2 Å². The predicted octanol–water partition coefficient (Wildman–Crippen LogP) is 3.36. The van der Waals surface area contributed by atoms with Crippen molar-refractivity contribution < 1.29 is 24.0 Å². The summed E-state index contributed by atoms with van der Waals surface area (Å²) in [5.41, 5.74) is 1.35. The lowest BCUT2D eigenvalue weighted by molar-refractivity contribution is -0.384. The second-order valence-electron chi connectivity index (χ2n) is 6.10. The van der Waals surface area contributed by atoms with Gasteiger partial charge < -0.3 is 14.8 Å². The highest BCUT2D eigenvalue weighted by Gasteiger charge is 2.30. The third-order valence-corrected chi connectivity index (χ3v) is 4.46. The topological polar surface area (TPSA) is 111 Å². The Hall–Kier alpha value is -3.59. The van der Waals surface area contributed by atoms with Gasteiger partial charge in [-0.25, -0.2) is 4.79 Å². The van der Waals surface area contributed by atoms with E-state index in [4.69, 9.17) is 21.1 Å². The van der Waals surface area contributed by atoms with Gasteiger partial charge in [-0.15, -0.1) is 0 Å². The zero-order chi connectivity index (χ0) is 21.1. The average Bonchev–Trinajstić information content (AvgIpc) is 2.93. The van der Waals surface area contributed by atoms with Crippen LogP contribution in [0.4, 0.5) is 10.5 Å². The van der Waals surface area contributed by atoms with Gasteiger partial charge in [-0.3, -0.25) is 19.8 Å². The number of nitrogens with one attached hydrogen (secondary N) is 1. The van der Waals surface area contributed by atoms with Crippen LogP contribution >= 0.6 is 11.6 Å². The molecule has 0 bridgehead atoms. The van der Waals surface area contributed by atoms with Gasteiger partial charge in [0.25, 0.3) is 11.6 Å². The molecule has 150 valence electrons. The van der Waals surface area contributed by atoms with E-state index in [1.807, 2.05) is 0 Å². The highest BCUT2D eigenvalue weighted by Crippen LogP contribution is 2.37. The maximum Gasteiger partial charge on any atom is 0.328 e. The number of hydrogen-bond donors (Lipinski definition) is 1. The van der Waals surface area contributed by atoms with Crippen LogP contribution in [0.25, 0.3) is 6.08 Å². The van der Waals surface area contributed by atoms with E-state index >= 15 is 0 Å². The number of likely N-dealkylation sites (N-methyl/N-ethyl adjacent to an activating group) is 1. The van der Waals surface area contributed by atoms with Crippen LogP contribution in [-0.4, -0.2) is 35.9 Å². The van der Waals surface area contributed by atoms with E-state index in [0.717, 1.165) is 4.90 Å². The fraction of sp³-hybridized carbons (Fsp3) is 0.158. The minimum atomic E-state index is -0.512. The highest BCUT2D eigenvalue weighted by atomic mass is 35.5. The summed E-state index contributed by atoms with van der Waals surface area (Å²) in [5, 5.41) is 13.4. The van der Waals surface area contributed by atoms with Crippen LogP contribution in [0.3, 0.4) is 0 Å². The van der Waals surface area contributed by atoms with Crippen LogP contribution in [0.15, 0.2) is 42.1 Å². The fourth-order valence-corrected chi connectivity index (χ4v) is 2.90. The lowest BCUT2D eigenvalue weighted by Crippen LogP contribution is -2.25. The Kier molecular flexibility index (Phi) is 5.69. The smallest absolute Gasteiger partial charge is 0.328 e. The van der Waals surface area contributed by atoms with Crippen molar-refractivity contribution >= 4 is 35.3 Å². The number of nitro benzene ring substituents is 1. The molecule has 1 N–H and O–H groups in total. The first-order chi connectivity index (χ1) is 13.8. The van der Waals surface area contributed by atoms with Gasteiger partial charge in [-0.2, -0.15) is 0 Å². The number of amides is 3. The van der Waals surface area contributed by atoms with Gasteiger partial charge in [0.2, 0.25) is 0 Å². The average molecular weight is 418 g/mol. The minimum absolute atomic E-state index is 0.0130. The summed E-state index contributed by atoms with van der Waals surface area (Å²) < 4.78 is 11.1. The Labute approximate surface area is 170 Å². The van der Waals surface area contributed by atoms with E-state index in [-0.39, 0.29) is 28.8 Å². The standard InChI is InChI=1S/C19H16ClN3O6/c1-22-18(24)15(21-19(22)25)8-12-7-14(20)17(16(9-12)28-2)29-10-11-3-5-13(6-4-11)23(26)27/h3-9H,10H2,1-2H3,(H,21,25)/b15-8+. The van der Waals surface area contributed by atoms with E-state index in [0.29, 0.717) is 16.9 Å². The molecule has 0 saturated carbocycles. The largest absolute Gasteiger partial charge is 0.493 e. The molecule has 1 aliphatic heterocycles. The fourth-order valence-electron chi connectivity index (χ4n) is 2.62. The molecular weight excluding hydrogens is 402 g/mol. The SMILES string of the molecule is COc1cc(/C=C2/NC(=O)N(C)C2=O)cc(Cl)c1OCc1ccc([N+](=O)[O-])cc1. The van der Waals surface area contributed by atoms with Crippen molar-refractivity contribution in [2.45, 2.75) is 6.61 Å². The van der Waals surface area contributed by atoms with Crippen molar-refractivity contribution in [1.29, 1.82) is 0 Å². The summed E-state index contributed by atoms with van der Waals surface area (Å²) in [7, 11) is 2.82. The molecule has 1 heterocycles. The Balaban J connectivity index is 1.81. The molecular formula is C19H16ClN3O6. The van der Waals surface area contributed by atoms with Crippen molar-refractivity contribution in [3.05, 3.63) is 68.4 Å². The second kappa shape index (κ2) is 8.19. The zero-order valence-corrected chi connectivity index (χ0v) is 16.2. The van der Waals surface area contributed by atoms with E-state index < -0.39 is 16.9 Å². The maximum absolute atomic E-state index is 12.0. The number of ether oxygens (including phenoxy) is 2. The number of halogens is 1. The van der Waals surface area contributed by atoms with Gasteiger partial charge in [-0.05, 0) is 41.5 Å². The molecule has 0 spiro atoms. The molecule has 3 rings (SSSR count). The van der Waals surface area contributed by atoms with Crippen LogP contribution in [0.1, 0.15) is 11.1 Å². The first-order valence-corrected chi connectivity index (χ1v) is 8.72. The Morgan fingerprint density at radius 1 is 1.24 bits per heavy atom. The molecule has 1 saturated heterocycles. The second-order valence-corrected chi connectivity index (χ2v) is 6.51. The maximum atomic E-state index is 12.0. The van der Waals surface area contributed by atoms with Crippen LogP contribution in [0.5, 0.6) is 11.5 Å². The predicted molar refractivity (Wildman–Crippen MR) is 105 cm³/mol. The molecule has 3 amide bonds. The lowest BCUT2D eigenvalue weighted by atomic mass is 10.1. The molecule has 10 heteroatoms. The van der Waals surface area contributed by atoms with Crippen LogP contribution in [-0.2, 0) is 11.4 Å². The van der Waals surface area contributed by atoms with E-state index in [2.05, 4.69) is 5.32 Å². The summed E-state index contributed by atoms with van der Waals surface area (Å²) in [4.78, 5) is 34.8. The normalized spacial score (nSPS) is 14.9. The van der Waals surface area contributed by atoms with Crippen LogP contribution < -0.4 is 14.8 Å². The van der Waals surface area contributed by atoms with Crippen molar-refractivity contribution in [2.24, 2.45) is 0 Å². The molecule has 9 nitrogen and oxygen atoms in total. The number of nitrogens with zero attached hydrogens (tertiary/aromatic N) is 2. The first kappa shape index (κ1) is 20.2. The Bertz CT molecular complexity index is 1020. The molecule has 0 aliphatic carbocycles. The monoisotopic (exact) mass is 417 g/mol. The number of imide groups is 1. The molecule has 2 aromatic rings. The number of methoxy groups -OCH3 is 1. The number of benzene rings is 2. The summed E-state index contributed by atoms with van der Waals surface area (Å²) in [6.45, 7) is 0.119. The molecule has 0 radical (unpaired) electrons. The molecule has 0 unspecified atom stereocenters. The van der Waals surface area contributed by atoms with E-state index in [1.165, 1.54) is 32.4 Å². The van der Waals surface area contributed by atoms with Gasteiger partial charge >= 0.3 is 6.03 Å². The molecule has 0 atom stereocenters. The minimum Gasteiger partial charge on any atom is -0.493 e. The van der Waals surface area contributed by atoms with Gasteiger partial charge in [0.1, 0.15) is 12.3 Å². The molecule has 0 aromatic heterocycles. The number of carbonyl (C=O) groups excluding carboxylic acids is 2. The van der Waals surface area contributed by atoms with Crippen LogP contribution in [0, 0.1) is 10.1 Å². The Morgan fingerprint density at radius 3 is 2.48 bits per heavy atom. The Morgan fingerprint density at radius 2 is 1.93 bits per heavy atom. The lowest BCUT2D eigenvalue weighted by Gasteiger charge is -2.13. The number of non-ortho nitro benzene ring substituents is 1. The number of nitro groups is 1. The number of hydrogen-bond acceptors (Lipinski definition) is 6. The molecule has 29 heavy (non-hydrogen) atoms. The summed E-state index contributed by atoms with van der Waals surface area (Å²) >= 11 is 6.32. The van der Waals surface area contributed by atoms with E-state index in [9.17, 15) is 19.7 Å². The van der Waals surface area contributed by atoms with Crippen molar-refractivity contribution in [3.63, 3.8) is 0 Å². The zero-order valence-electron chi connectivity index (χ0n) is 15.5. The van der Waals surface area contributed by atoms with Gasteiger partial charge in [0.15, 0.2) is 11.5 Å². The third-order valence-electron chi connectivity index (χ3n) is 4.17. The number of urea groups is 1. The first-order valence-electron chi connectivity index (χ1n) is 8.34. The molecule has 1 fully saturated rings. The van der Waals surface area contributed by atoms with Crippen molar-refractivity contribution in [3.8, 4) is 11.5 Å². The van der Waals surface area contributed by atoms with Gasteiger partial charge in [0.05, 0.1) is 17.1 Å². The number of carbonyl (C=O) groups is 2. The van der Waals surface area contributed by atoms with Crippen LogP contribution in [0.2, 0.25) is 5.02 Å². The summed E-state index contributed by atoms with van der Waals surface area (Å²) in [6.07, 6.45) is 1.48.